The van der Waals surface area contributed by atoms with Crippen molar-refractivity contribution in [2.75, 3.05) is 49.1 Å². The molecule has 2 aliphatic heterocycles. The van der Waals surface area contributed by atoms with Crippen LogP contribution >= 0.6 is 0 Å². The number of hydrogen-bond donors (Lipinski definition) is 0. The Morgan fingerprint density at radius 1 is 0.839 bits per heavy atom. The van der Waals surface area contributed by atoms with Crippen LogP contribution in [0, 0.1) is 13.8 Å². The van der Waals surface area contributed by atoms with Gasteiger partial charge in [0.25, 0.3) is 0 Å². The van der Waals surface area contributed by atoms with Crippen molar-refractivity contribution in [3.8, 4) is 0 Å². The first-order chi connectivity index (χ1) is 14.9. The summed E-state index contributed by atoms with van der Waals surface area (Å²) in [4.78, 5) is 13.9. The Labute approximate surface area is 185 Å². The third kappa shape index (κ3) is 5.43. The second-order valence-electron chi connectivity index (χ2n) is 8.36. The van der Waals surface area contributed by atoms with Gasteiger partial charge in [-0.1, -0.05) is 29.8 Å². The first-order valence-electron chi connectivity index (χ1n) is 11.0. The smallest absolute Gasteiger partial charge is 0.236 e. The van der Waals surface area contributed by atoms with Gasteiger partial charge in [-0.25, -0.2) is 13.4 Å². The molecule has 0 saturated carbocycles. The molecule has 0 aliphatic carbocycles. The van der Waals surface area contributed by atoms with Crippen molar-refractivity contribution in [2.45, 2.75) is 33.1 Å². The number of anilines is 2. The summed E-state index contributed by atoms with van der Waals surface area (Å²) in [7, 11) is -3.45. The second kappa shape index (κ2) is 9.36. The molecular formula is C23H31N5O2S. The topological polar surface area (TPSA) is 69.6 Å². The second-order valence-corrected chi connectivity index (χ2v) is 10.2. The molecular weight excluding hydrogens is 410 g/mol. The lowest BCUT2D eigenvalue weighted by Crippen LogP contribution is -2.48. The van der Waals surface area contributed by atoms with Crippen LogP contribution in [-0.4, -0.2) is 62.0 Å². The highest BCUT2D eigenvalue weighted by molar-refractivity contribution is 7.92. The van der Waals surface area contributed by atoms with Crippen LogP contribution in [0.25, 0.3) is 6.08 Å². The molecule has 4 rings (SSSR count). The fourth-order valence-electron chi connectivity index (χ4n) is 4.03. The molecule has 1 aromatic carbocycles. The maximum atomic E-state index is 12.8. The number of hydrogen-bond acceptors (Lipinski definition) is 6. The van der Waals surface area contributed by atoms with E-state index in [9.17, 15) is 8.42 Å². The Morgan fingerprint density at radius 3 is 2.19 bits per heavy atom. The Hall–Kier alpha value is -2.45. The van der Waals surface area contributed by atoms with Crippen molar-refractivity contribution in [3.63, 3.8) is 0 Å². The molecule has 31 heavy (non-hydrogen) atoms. The summed E-state index contributed by atoms with van der Waals surface area (Å²) in [5.74, 6) is 1.69. The molecule has 1 aromatic heterocycles. The van der Waals surface area contributed by atoms with Gasteiger partial charge in [0, 0.05) is 56.4 Å². The van der Waals surface area contributed by atoms with Crippen molar-refractivity contribution in [2.24, 2.45) is 0 Å². The van der Waals surface area contributed by atoms with Crippen LogP contribution in [0.2, 0.25) is 0 Å². The molecule has 2 aromatic rings. The Kier molecular flexibility index (Phi) is 6.57. The summed E-state index contributed by atoms with van der Waals surface area (Å²) >= 11 is 0. The lowest BCUT2D eigenvalue weighted by molar-refractivity contribution is 0.388. The molecule has 166 valence electrons. The third-order valence-electron chi connectivity index (χ3n) is 5.90. The molecule has 3 heterocycles. The maximum absolute atomic E-state index is 12.8. The highest BCUT2D eigenvalue weighted by Gasteiger charge is 2.26. The minimum Gasteiger partial charge on any atom is -0.354 e. The molecule has 8 heteroatoms. The molecule has 0 bridgehead atoms. The molecule has 7 nitrogen and oxygen atoms in total. The van der Waals surface area contributed by atoms with E-state index in [1.165, 1.54) is 24.7 Å². The van der Waals surface area contributed by atoms with E-state index < -0.39 is 10.0 Å². The van der Waals surface area contributed by atoms with Crippen LogP contribution in [0.1, 0.15) is 36.1 Å². The summed E-state index contributed by atoms with van der Waals surface area (Å²) in [6, 6.07) is 9.81. The predicted octanol–water partition coefficient (Wildman–Crippen LogP) is 3.21. The van der Waals surface area contributed by atoms with Crippen molar-refractivity contribution in [1.29, 1.82) is 0 Å². The van der Waals surface area contributed by atoms with Gasteiger partial charge in [0.2, 0.25) is 16.0 Å². The van der Waals surface area contributed by atoms with E-state index in [4.69, 9.17) is 4.98 Å². The molecule has 2 fully saturated rings. The zero-order chi connectivity index (χ0) is 21.8. The van der Waals surface area contributed by atoms with Gasteiger partial charge in [0.05, 0.1) is 0 Å². The number of aryl methyl sites for hydroxylation is 2. The fourth-order valence-corrected chi connectivity index (χ4v) is 5.21. The third-order valence-corrected chi connectivity index (χ3v) is 7.47. The van der Waals surface area contributed by atoms with Gasteiger partial charge in [0.1, 0.15) is 5.82 Å². The molecule has 2 saturated heterocycles. The number of sulfonamides is 1. The predicted molar refractivity (Wildman–Crippen MR) is 126 cm³/mol. The standard InChI is InChI=1S/C23H31N5O2S/c1-19-6-8-21(9-7-19)10-17-31(29,30)28-15-13-26(14-16-28)22-18-20(2)24-23(25-22)27-11-4-3-5-12-27/h6-10,17-18H,3-5,11-16H2,1-2H3/b17-10+. The van der Waals surface area contributed by atoms with Gasteiger partial charge in [-0.2, -0.15) is 9.29 Å². The Balaban J connectivity index is 1.41. The number of benzene rings is 1. The van der Waals surface area contributed by atoms with Gasteiger partial charge < -0.3 is 9.80 Å². The minimum absolute atomic E-state index is 0.447. The molecule has 0 atom stereocenters. The molecule has 0 spiro atoms. The van der Waals surface area contributed by atoms with Crippen molar-refractivity contribution in [3.05, 3.63) is 52.6 Å². The zero-order valence-electron chi connectivity index (χ0n) is 18.4. The summed E-state index contributed by atoms with van der Waals surface area (Å²) in [6.45, 7) is 8.14. The molecule has 2 aliphatic rings. The summed E-state index contributed by atoms with van der Waals surface area (Å²) in [6.07, 6.45) is 5.29. The number of nitrogens with zero attached hydrogens (tertiary/aromatic N) is 5. The lowest BCUT2D eigenvalue weighted by atomic mass is 10.1. The van der Waals surface area contributed by atoms with E-state index in [1.807, 2.05) is 44.2 Å². The van der Waals surface area contributed by atoms with Gasteiger partial charge in [-0.05, 0) is 44.7 Å². The lowest BCUT2D eigenvalue weighted by Gasteiger charge is -2.35. The van der Waals surface area contributed by atoms with E-state index in [2.05, 4.69) is 14.8 Å². The number of rotatable bonds is 5. The van der Waals surface area contributed by atoms with E-state index in [1.54, 1.807) is 10.4 Å². The van der Waals surface area contributed by atoms with Gasteiger partial charge in [-0.3, -0.25) is 0 Å². The summed E-state index contributed by atoms with van der Waals surface area (Å²) < 4.78 is 27.1. The first kappa shape index (κ1) is 21.8. The van der Waals surface area contributed by atoms with Crippen LogP contribution in [0.4, 0.5) is 11.8 Å². The molecule has 0 unspecified atom stereocenters. The minimum atomic E-state index is -3.45. The highest BCUT2D eigenvalue weighted by atomic mass is 32.2. The van der Waals surface area contributed by atoms with E-state index in [0.717, 1.165) is 41.7 Å². The van der Waals surface area contributed by atoms with E-state index in [-0.39, 0.29) is 0 Å². The van der Waals surface area contributed by atoms with Crippen LogP contribution in [-0.2, 0) is 10.0 Å². The van der Waals surface area contributed by atoms with Crippen molar-refractivity contribution < 1.29 is 8.42 Å². The highest BCUT2D eigenvalue weighted by Crippen LogP contribution is 2.22. The first-order valence-corrected chi connectivity index (χ1v) is 12.5. The monoisotopic (exact) mass is 441 g/mol. The quantitative estimate of drug-likeness (QED) is 0.710. The maximum Gasteiger partial charge on any atom is 0.236 e. The van der Waals surface area contributed by atoms with Crippen molar-refractivity contribution >= 4 is 27.9 Å². The Morgan fingerprint density at radius 2 is 1.52 bits per heavy atom. The van der Waals surface area contributed by atoms with Gasteiger partial charge in [0.15, 0.2) is 0 Å². The van der Waals surface area contributed by atoms with Gasteiger partial charge in [-0.15, -0.1) is 0 Å². The number of piperidine rings is 1. The van der Waals surface area contributed by atoms with Crippen LogP contribution in [0.15, 0.2) is 35.7 Å². The van der Waals surface area contributed by atoms with E-state index >= 15 is 0 Å². The van der Waals surface area contributed by atoms with E-state index in [0.29, 0.717) is 26.2 Å². The average molecular weight is 442 g/mol. The molecule has 0 amide bonds. The SMILES string of the molecule is Cc1ccc(/C=C/S(=O)(=O)N2CCN(c3cc(C)nc(N4CCCCC4)n3)CC2)cc1. The van der Waals surface area contributed by atoms with Crippen LogP contribution in [0.3, 0.4) is 0 Å². The molecule has 0 N–H and O–H groups in total. The normalized spacial score (nSPS) is 18.6. The summed E-state index contributed by atoms with van der Waals surface area (Å²) in [5.41, 5.74) is 2.98. The largest absolute Gasteiger partial charge is 0.354 e. The van der Waals surface area contributed by atoms with Crippen molar-refractivity contribution in [1.82, 2.24) is 14.3 Å². The summed E-state index contributed by atoms with van der Waals surface area (Å²) in [5, 5.41) is 1.32. The zero-order valence-corrected chi connectivity index (χ0v) is 19.2. The van der Waals surface area contributed by atoms with Crippen LogP contribution in [0.5, 0.6) is 0 Å². The number of piperazine rings is 1. The van der Waals surface area contributed by atoms with Crippen LogP contribution < -0.4 is 9.80 Å². The Bertz CT molecular complexity index is 1020. The molecule has 0 radical (unpaired) electrons. The average Bonchev–Trinajstić information content (AvgIpc) is 2.79. The number of aromatic nitrogens is 2. The fraction of sp³-hybridized carbons (Fsp3) is 0.478. The van der Waals surface area contributed by atoms with Gasteiger partial charge >= 0.3 is 0 Å².